The average molecular weight is 512 g/mol. The Bertz CT molecular complexity index is 1810. The standard InChI is InChI=1S/C22H6N6Se2/c1-26-16(10-25)22-28-19-17(29-22)7-3-11-2-4-14-13(18(11)19)5-6-15-20(14)30-21(27-15)12(8-23)9-24/h2-7H/b22-16-. The van der Waals surface area contributed by atoms with E-state index in [1.54, 1.807) is 0 Å². The average Bonchev–Trinajstić information content (AvgIpc) is 3.39. The minimum atomic E-state index is -0.231. The SMILES string of the molecule is [C-]#[N+]/C(C#N)=c1/nc2c(ccc3ccc4c(ccc5nc(=C(C#N)C#N)[se]c54)c32)[se]1. The van der Waals surface area contributed by atoms with Crippen LogP contribution >= 0.6 is 0 Å². The van der Waals surface area contributed by atoms with Gasteiger partial charge in [-0.2, -0.15) is 0 Å². The van der Waals surface area contributed by atoms with Crippen molar-refractivity contribution in [2.24, 2.45) is 0 Å². The van der Waals surface area contributed by atoms with Gasteiger partial charge < -0.3 is 0 Å². The summed E-state index contributed by atoms with van der Waals surface area (Å²) < 4.78 is 3.23. The van der Waals surface area contributed by atoms with Gasteiger partial charge in [0, 0.05) is 0 Å². The van der Waals surface area contributed by atoms with Gasteiger partial charge >= 0.3 is 182 Å². The van der Waals surface area contributed by atoms with E-state index in [1.165, 1.54) is 0 Å². The fourth-order valence-electron chi connectivity index (χ4n) is 3.45. The van der Waals surface area contributed by atoms with Crippen LogP contribution in [0.15, 0.2) is 36.4 Å². The van der Waals surface area contributed by atoms with Crippen molar-refractivity contribution in [1.82, 2.24) is 9.97 Å². The number of hydrogen-bond donors (Lipinski definition) is 0. The predicted molar refractivity (Wildman–Crippen MR) is 115 cm³/mol. The van der Waals surface area contributed by atoms with Crippen molar-refractivity contribution in [3.05, 3.63) is 56.3 Å². The van der Waals surface area contributed by atoms with Crippen LogP contribution < -0.4 is 8.45 Å². The minimum absolute atomic E-state index is 0.0536. The number of hydrogen-bond acceptors (Lipinski definition) is 5. The van der Waals surface area contributed by atoms with E-state index in [4.69, 9.17) is 11.6 Å². The molecule has 0 atom stereocenters. The molecule has 0 spiro atoms. The molecule has 0 bridgehead atoms. The predicted octanol–water partition coefficient (Wildman–Crippen LogP) is 1.95. The molecule has 0 saturated heterocycles. The third-order valence-electron chi connectivity index (χ3n) is 4.75. The van der Waals surface area contributed by atoms with Gasteiger partial charge in [0.1, 0.15) is 0 Å². The molecule has 5 aromatic rings. The molecule has 0 amide bonds. The van der Waals surface area contributed by atoms with Gasteiger partial charge in [0.05, 0.1) is 0 Å². The molecule has 136 valence electrons. The van der Waals surface area contributed by atoms with Crippen LogP contribution in [0, 0.1) is 40.6 Å². The molecule has 0 aliphatic carbocycles. The fraction of sp³-hybridized carbons (Fsp3) is 0. The molecular formula is C22H6N6Se2. The molecular weight excluding hydrogens is 506 g/mol. The van der Waals surface area contributed by atoms with Crippen LogP contribution in [0.1, 0.15) is 0 Å². The third kappa shape index (κ3) is 2.58. The first kappa shape index (κ1) is 18.3. The second-order valence-electron chi connectivity index (χ2n) is 6.29. The van der Waals surface area contributed by atoms with Crippen LogP contribution in [0.25, 0.3) is 57.2 Å². The molecule has 0 saturated carbocycles. The van der Waals surface area contributed by atoms with Crippen LogP contribution in [-0.2, 0) is 0 Å². The number of benzene rings is 3. The van der Waals surface area contributed by atoms with Crippen molar-refractivity contribution < 1.29 is 0 Å². The third-order valence-corrected chi connectivity index (χ3v) is 9.26. The number of rotatable bonds is 0. The van der Waals surface area contributed by atoms with Crippen LogP contribution in [0.3, 0.4) is 0 Å². The first-order valence-electron chi connectivity index (χ1n) is 8.56. The van der Waals surface area contributed by atoms with Crippen molar-refractivity contribution in [2.45, 2.75) is 0 Å². The Labute approximate surface area is 181 Å². The zero-order valence-corrected chi connectivity index (χ0v) is 18.4. The van der Waals surface area contributed by atoms with E-state index in [0.717, 1.165) is 41.1 Å². The summed E-state index contributed by atoms with van der Waals surface area (Å²) in [6.45, 7) is 7.23. The van der Waals surface area contributed by atoms with E-state index < -0.39 is 0 Å². The van der Waals surface area contributed by atoms with Crippen LogP contribution in [0.2, 0.25) is 0 Å². The van der Waals surface area contributed by atoms with Crippen molar-refractivity contribution >= 4 is 81.4 Å². The number of nitrogens with zero attached hydrogens (tertiary/aromatic N) is 6. The van der Waals surface area contributed by atoms with Gasteiger partial charge in [-0.25, -0.2) is 0 Å². The van der Waals surface area contributed by atoms with Crippen molar-refractivity contribution in [2.75, 3.05) is 0 Å². The molecule has 0 fully saturated rings. The summed E-state index contributed by atoms with van der Waals surface area (Å²) in [6, 6.07) is 17.9. The van der Waals surface area contributed by atoms with Gasteiger partial charge in [0.25, 0.3) is 0 Å². The maximum absolute atomic E-state index is 9.24. The monoisotopic (exact) mass is 514 g/mol. The molecule has 5 rings (SSSR count). The van der Waals surface area contributed by atoms with Gasteiger partial charge in [-0.15, -0.1) is 0 Å². The Kier molecular flexibility index (Phi) is 4.24. The van der Waals surface area contributed by atoms with E-state index in [2.05, 4.69) is 22.0 Å². The van der Waals surface area contributed by atoms with Gasteiger partial charge in [-0.05, 0) is 0 Å². The molecule has 6 nitrogen and oxygen atoms in total. The topological polar surface area (TPSA) is 102 Å². The molecule has 3 aromatic carbocycles. The molecule has 8 heteroatoms. The van der Waals surface area contributed by atoms with Crippen molar-refractivity contribution in [3.8, 4) is 18.2 Å². The Balaban J connectivity index is 1.99. The maximum atomic E-state index is 9.24. The van der Waals surface area contributed by atoms with Gasteiger partial charge in [-0.3, -0.25) is 0 Å². The summed E-state index contributed by atoms with van der Waals surface area (Å²) in [7, 11) is 0. The van der Waals surface area contributed by atoms with E-state index in [1.807, 2.05) is 42.5 Å². The Morgan fingerprint density at radius 1 is 0.867 bits per heavy atom. The number of fused-ring (bicyclic) bond motifs is 7. The molecule has 0 unspecified atom stereocenters. The summed E-state index contributed by atoms with van der Waals surface area (Å²) in [6.07, 6.45) is 0. The van der Waals surface area contributed by atoms with Gasteiger partial charge in [0.15, 0.2) is 0 Å². The van der Waals surface area contributed by atoms with Gasteiger partial charge in [-0.1, -0.05) is 0 Å². The number of nitriles is 3. The van der Waals surface area contributed by atoms with Gasteiger partial charge in [0.2, 0.25) is 0 Å². The second kappa shape index (κ2) is 6.95. The molecule has 0 radical (unpaired) electrons. The Morgan fingerprint density at radius 3 is 2.37 bits per heavy atom. The quantitative estimate of drug-likeness (QED) is 0.179. The molecule has 0 aliphatic heterocycles. The summed E-state index contributed by atoms with van der Waals surface area (Å²) in [4.78, 5) is 12.5. The zero-order valence-electron chi connectivity index (χ0n) is 15.0. The Hall–Kier alpha value is -3.74. The summed E-state index contributed by atoms with van der Waals surface area (Å²) in [5.41, 5.74) is 1.75. The molecule has 2 heterocycles. The molecule has 30 heavy (non-hydrogen) atoms. The molecule has 0 N–H and O–H groups in total. The normalized spacial score (nSPS) is 11.7. The van der Waals surface area contributed by atoms with E-state index in [-0.39, 0.29) is 40.3 Å². The summed E-state index contributed by atoms with van der Waals surface area (Å²) >= 11 is -0.410. The fourth-order valence-corrected chi connectivity index (χ4v) is 7.54. The first-order valence-corrected chi connectivity index (χ1v) is 12.0. The Morgan fingerprint density at radius 2 is 1.63 bits per heavy atom. The summed E-state index contributed by atoms with van der Waals surface area (Å²) in [5.74, 6) is 0. The van der Waals surface area contributed by atoms with Crippen molar-refractivity contribution in [1.29, 1.82) is 15.8 Å². The van der Waals surface area contributed by atoms with E-state index in [9.17, 15) is 15.8 Å². The van der Waals surface area contributed by atoms with Crippen LogP contribution in [0.5, 0.6) is 0 Å². The van der Waals surface area contributed by atoms with Crippen molar-refractivity contribution in [3.63, 3.8) is 0 Å². The van der Waals surface area contributed by atoms with E-state index in [0.29, 0.717) is 8.45 Å². The first-order chi connectivity index (χ1) is 14.7. The molecule has 2 aromatic heterocycles. The van der Waals surface area contributed by atoms with Crippen LogP contribution in [0.4, 0.5) is 0 Å². The number of aromatic nitrogens is 2. The van der Waals surface area contributed by atoms with Crippen LogP contribution in [-0.4, -0.2) is 39.0 Å². The second-order valence-corrected chi connectivity index (χ2v) is 10.6. The van der Waals surface area contributed by atoms with E-state index >= 15 is 0 Å². The molecule has 0 aliphatic rings. The summed E-state index contributed by atoms with van der Waals surface area (Å²) in [5, 5.41) is 31.7. The zero-order chi connectivity index (χ0) is 20.8.